The van der Waals surface area contributed by atoms with E-state index in [1.54, 1.807) is 39.1 Å². The third-order valence-corrected chi connectivity index (χ3v) is 1.72. The van der Waals surface area contributed by atoms with Crippen molar-refractivity contribution in [3.8, 4) is 0 Å². The molecule has 0 fully saturated rings. The van der Waals surface area contributed by atoms with E-state index >= 15 is 0 Å². The molecular weight excluding hydrogens is 220 g/mol. The quantitative estimate of drug-likeness (QED) is 0.831. The standard InChI is InChI=1S/C11H16N2O3.CH4/c1-11(2,3)16-10(15)13-7-8-5-4-6-12-9(8)14;/h4-6H,7H2,1-3H3,(H,12,14)(H,13,15);1H4. The lowest BCUT2D eigenvalue weighted by atomic mass is 10.2. The van der Waals surface area contributed by atoms with Gasteiger partial charge in [0.15, 0.2) is 0 Å². The molecule has 2 N–H and O–H groups in total. The van der Waals surface area contributed by atoms with Crippen molar-refractivity contribution in [1.82, 2.24) is 10.3 Å². The summed E-state index contributed by atoms with van der Waals surface area (Å²) in [7, 11) is 0. The van der Waals surface area contributed by atoms with Crippen LogP contribution in [0.25, 0.3) is 0 Å². The SMILES string of the molecule is C.CC(C)(C)OC(=O)NCc1ccc[nH]c1=O. The van der Waals surface area contributed by atoms with Crippen molar-refractivity contribution in [3.05, 3.63) is 34.2 Å². The maximum Gasteiger partial charge on any atom is 0.407 e. The van der Waals surface area contributed by atoms with Crippen LogP contribution in [-0.2, 0) is 11.3 Å². The van der Waals surface area contributed by atoms with E-state index in [2.05, 4.69) is 10.3 Å². The van der Waals surface area contributed by atoms with Crippen LogP contribution in [0.1, 0.15) is 33.8 Å². The van der Waals surface area contributed by atoms with E-state index < -0.39 is 11.7 Å². The topological polar surface area (TPSA) is 71.2 Å². The van der Waals surface area contributed by atoms with Crippen LogP contribution in [0.5, 0.6) is 0 Å². The molecule has 0 atom stereocenters. The number of nitrogens with one attached hydrogen (secondary N) is 2. The van der Waals surface area contributed by atoms with Gasteiger partial charge in [0.2, 0.25) is 0 Å². The zero-order valence-electron chi connectivity index (χ0n) is 9.66. The second-order valence-electron chi connectivity index (χ2n) is 4.38. The third-order valence-electron chi connectivity index (χ3n) is 1.72. The number of hydrogen-bond donors (Lipinski definition) is 2. The number of carbonyl (C=O) groups excluding carboxylic acids is 1. The Labute approximate surface area is 101 Å². The Kier molecular flexibility index (Phi) is 5.44. The average Bonchev–Trinajstić information content (AvgIpc) is 2.14. The molecule has 0 saturated heterocycles. The molecule has 0 aliphatic heterocycles. The maximum atomic E-state index is 11.3. The summed E-state index contributed by atoms with van der Waals surface area (Å²) in [5.41, 5.74) is -0.250. The van der Waals surface area contributed by atoms with E-state index in [0.29, 0.717) is 5.56 Å². The molecular formula is C12H20N2O3. The number of hydrogen-bond acceptors (Lipinski definition) is 3. The maximum absolute atomic E-state index is 11.3. The molecule has 5 heteroatoms. The van der Waals surface area contributed by atoms with E-state index in [1.807, 2.05) is 0 Å². The van der Waals surface area contributed by atoms with Gasteiger partial charge in [-0.1, -0.05) is 13.5 Å². The summed E-state index contributed by atoms with van der Waals surface area (Å²) in [4.78, 5) is 25.1. The van der Waals surface area contributed by atoms with Gasteiger partial charge in [0.05, 0.1) is 6.54 Å². The molecule has 0 unspecified atom stereocenters. The van der Waals surface area contributed by atoms with Gasteiger partial charge in [0, 0.05) is 11.8 Å². The summed E-state index contributed by atoms with van der Waals surface area (Å²) in [6, 6.07) is 3.35. The Bertz CT molecular complexity index is 418. The number of amides is 1. The van der Waals surface area contributed by atoms with Crippen molar-refractivity contribution < 1.29 is 9.53 Å². The lowest BCUT2D eigenvalue weighted by Gasteiger charge is -2.19. The molecule has 0 aliphatic rings. The number of rotatable bonds is 2. The highest BCUT2D eigenvalue weighted by Gasteiger charge is 2.15. The fourth-order valence-electron chi connectivity index (χ4n) is 1.08. The minimum atomic E-state index is -0.535. The number of pyridine rings is 1. The lowest BCUT2D eigenvalue weighted by molar-refractivity contribution is 0.0523. The van der Waals surface area contributed by atoms with Crippen molar-refractivity contribution in [3.63, 3.8) is 0 Å². The van der Waals surface area contributed by atoms with Crippen LogP contribution in [0.2, 0.25) is 0 Å². The Morgan fingerprint density at radius 1 is 1.47 bits per heavy atom. The van der Waals surface area contributed by atoms with Crippen LogP contribution >= 0.6 is 0 Å². The monoisotopic (exact) mass is 240 g/mol. The minimum Gasteiger partial charge on any atom is -0.444 e. The molecule has 0 aromatic carbocycles. The molecule has 1 heterocycles. The van der Waals surface area contributed by atoms with Crippen molar-refractivity contribution in [2.45, 2.75) is 40.3 Å². The summed E-state index contributed by atoms with van der Waals surface area (Å²) in [5.74, 6) is 0. The predicted octanol–water partition coefficient (Wildman–Crippen LogP) is 2.04. The number of aromatic amines is 1. The molecule has 1 rings (SSSR count). The highest BCUT2D eigenvalue weighted by atomic mass is 16.6. The first-order valence-electron chi connectivity index (χ1n) is 5.02. The molecule has 1 amide bonds. The second-order valence-corrected chi connectivity index (χ2v) is 4.38. The second kappa shape index (κ2) is 6.08. The van der Waals surface area contributed by atoms with Crippen LogP contribution in [0.3, 0.4) is 0 Å². The van der Waals surface area contributed by atoms with E-state index in [4.69, 9.17) is 4.74 Å². The minimum absolute atomic E-state index is 0. The smallest absolute Gasteiger partial charge is 0.407 e. The molecule has 0 saturated carbocycles. The molecule has 96 valence electrons. The fraction of sp³-hybridized carbons (Fsp3) is 0.500. The summed E-state index contributed by atoms with van der Waals surface area (Å²) in [6.45, 7) is 5.50. The van der Waals surface area contributed by atoms with E-state index in [1.165, 1.54) is 0 Å². The third kappa shape index (κ3) is 5.75. The molecule has 0 radical (unpaired) electrons. The highest BCUT2D eigenvalue weighted by molar-refractivity contribution is 5.67. The van der Waals surface area contributed by atoms with Gasteiger partial charge in [-0.2, -0.15) is 0 Å². The van der Waals surface area contributed by atoms with Crippen LogP contribution in [0.15, 0.2) is 23.1 Å². The zero-order chi connectivity index (χ0) is 12.2. The number of H-pyrrole nitrogens is 1. The predicted molar refractivity (Wildman–Crippen MR) is 66.9 cm³/mol. The van der Waals surface area contributed by atoms with E-state index in [9.17, 15) is 9.59 Å². The van der Waals surface area contributed by atoms with Gasteiger partial charge in [-0.3, -0.25) is 4.79 Å². The molecule has 0 bridgehead atoms. The van der Waals surface area contributed by atoms with Crippen LogP contribution in [0, 0.1) is 0 Å². The number of alkyl carbamates (subject to hydrolysis) is 1. The summed E-state index contributed by atoms with van der Waals surface area (Å²) in [5, 5.41) is 2.52. The first kappa shape index (κ1) is 15.2. The number of ether oxygens (including phenoxy) is 1. The molecule has 17 heavy (non-hydrogen) atoms. The van der Waals surface area contributed by atoms with E-state index in [0.717, 1.165) is 0 Å². The van der Waals surface area contributed by atoms with Gasteiger partial charge in [-0.05, 0) is 26.8 Å². The Morgan fingerprint density at radius 3 is 2.65 bits per heavy atom. The Hall–Kier alpha value is -1.78. The first-order chi connectivity index (χ1) is 7.38. The number of carbonyl (C=O) groups is 1. The molecule has 0 spiro atoms. The normalized spacial score (nSPS) is 10.3. The zero-order valence-corrected chi connectivity index (χ0v) is 9.66. The largest absolute Gasteiger partial charge is 0.444 e. The fourth-order valence-corrected chi connectivity index (χ4v) is 1.08. The number of aromatic nitrogens is 1. The van der Waals surface area contributed by atoms with Crippen molar-refractivity contribution in [2.75, 3.05) is 0 Å². The van der Waals surface area contributed by atoms with Gasteiger partial charge < -0.3 is 15.0 Å². The molecule has 1 aromatic rings. The van der Waals surface area contributed by atoms with Crippen LogP contribution in [0.4, 0.5) is 4.79 Å². The lowest BCUT2D eigenvalue weighted by Crippen LogP contribution is -2.33. The molecule has 1 aromatic heterocycles. The Balaban J connectivity index is 0.00000256. The van der Waals surface area contributed by atoms with Crippen molar-refractivity contribution in [2.24, 2.45) is 0 Å². The first-order valence-corrected chi connectivity index (χ1v) is 5.02. The van der Waals surface area contributed by atoms with Gasteiger partial charge in [-0.15, -0.1) is 0 Å². The summed E-state index contributed by atoms with van der Waals surface area (Å²) in [6.07, 6.45) is 1.01. The summed E-state index contributed by atoms with van der Waals surface area (Å²) < 4.78 is 5.04. The van der Waals surface area contributed by atoms with E-state index in [-0.39, 0.29) is 19.5 Å². The molecule has 5 nitrogen and oxygen atoms in total. The average molecular weight is 240 g/mol. The van der Waals surface area contributed by atoms with Crippen molar-refractivity contribution >= 4 is 6.09 Å². The highest BCUT2D eigenvalue weighted by Crippen LogP contribution is 2.06. The van der Waals surface area contributed by atoms with Gasteiger partial charge in [0.25, 0.3) is 5.56 Å². The van der Waals surface area contributed by atoms with Gasteiger partial charge in [0.1, 0.15) is 5.60 Å². The van der Waals surface area contributed by atoms with Gasteiger partial charge >= 0.3 is 6.09 Å². The molecule has 0 aliphatic carbocycles. The Morgan fingerprint density at radius 2 is 2.12 bits per heavy atom. The van der Waals surface area contributed by atoms with Gasteiger partial charge in [-0.25, -0.2) is 4.79 Å². The van der Waals surface area contributed by atoms with Crippen LogP contribution < -0.4 is 10.9 Å². The van der Waals surface area contributed by atoms with Crippen LogP contribution in [-0.4, -0.2) is 16.7 Å². The summed E-state index contributed by atoms with van der Waals surface area (Å²) >= 11 is 0. The van der Waals surface area contributed by atoms with Crippen molar-refractivity contribution in [1.29, 1.82) is 0 Å².